The Kier molecular flexibility index (Phi) is 5.87. The van der Waals surface area contributed by atoms with Gasteiger partial charge in [-0.2, -0.15) is 0 Å². The van der Waals surface area contributed by atoms with Gasteiger partial charge in [-0.05, 0) is 32.0 Å². The lowest BCUT2D eigenvalue weighted by atomic mass is 10.0. The smallest absolute Gasteiger partial charge is 0.341 e. The zero-order valence-corrected chi connectivity index (χ0v) is 23.7. The number of aromatic nitrogens is 4. The molecule has 12 heteroatoms. The van der Waals surface area contributed by atoms with Crippen LogP contribution < -0.4 is 20.4 Å². The molecule has 0 aliphatic carbocycles. The molecule has 2 fully saturated rings. The number of ether oxygens (including phenoxy) is 1. The molecular weight excluding hydrogens is 541 g/mol. The topological polar surface area (TPSA) is 129 Å². The molecule has 0 radical (unpaired) electrons. The van der Waals surface area contributed by atoms with Crippen LogP contribution >= 0.6 is 0 Å². The van der Waals surface area contributed by atoms with E-state index in [1.54, 1.807) is 32.6 Å². The second kappa shape index (κ2) is 9.41. The summed E-state index contributed by atoms with van der Waals surface area (Å²) in [5, 5.41) is 14.2. The maximum atomic E-state index is 15.4. The number of H-pyrrole nitrogens is 1. The molecule has 2 aliphatic heterocycles. The minimum absolute atomic E-state index is 0.114. The molecule has 0 amide bonds. The lowest BCUT2D eigenvalue weighted by Crippen LogP contribution is -2.32. The minimum atomic E-state index is -1.30. The Hall–Kier alpha value is -4.71. The van der Waals surface area contributed by atoms with Crippen LogP contribution in [-0.2, 0) is 7.05 Å². The highest BCUT2D eigenvalue weighted by atomic mass is 19.1. The molecule has 2 atom stereocenters. The zero-order chi connectivity index (χ0) is 29.4. The number of aromatic amines is 1. The van der Waals surface area contributed by atoms with Crippen LogP contribution in [0.15, 0.2) is 35.5 Å². The molecule has 11 nitrogen and oxygen atoms in total. The fourth-order valence-electron chi connectivity index (χ4n) is 6.91. The molecule has 0 bridgehead atoms. The Morgan fingerprint density at radius 1 is 1.19 bits per heavy atom. The first kappa shape index (κ1) is 26.2. The summed E-state index contributed by atoms with van der Waals surface area (Å²) in [6.07, 6.45) is 5.78. The molecule has 1 unspecified atom stereocenters. The number of hydrogen-bond acceptors (Lipinski definition) is 8. The molecule has 6 heterocycles. The Labute approximate surface area is 239 Å². The van der Waals surface area contributed by atoms with Crippen molar-refractivity contribution in [1.82, 2.24) is 24.4 Å². The van der Waals surface area contributed by atoms with Gasteiger partial charge in [0, 0.05) is 69.0 Å². The number of aryl methyl sites for hydroxylation is 1. The molecule has 42 heavy (non-hydrogen) atoms. The Balaban J connectivity index is 1.56. The van der Waals surface area contributed by atoms with E-state index in [4.69, 9.17) is 9.72 Å². The largest absolute Gasteiger partial charge is 0.493 e. The van der Waals surface area contributed by atoms with Crippen LogP contribution in [0.2, 0.25) is 0 Å². The van der Waals surface area contributed by atoms with Gasteiger partial charge in [0.2, 0.25) is 5.43 Å². The highest BCUT2D eigenvalue weighted by Gasteiger charge is 2.41. The number of benzene rings is 1. The lowest BCUT2D eigenvalue weighted by molar-refractivity contribution is 0.0695. The van der Waals surface area contributed by atoms with Crippen LogP contribution in [0.1, 0.15) is 16.8 Å². The third-order valence-electron chi connectivity index (χ3n) is 8.95. The molecule has 0 saturated carbocycles. The average molecular weight is 572 g/mol. The van der Waals surface area contributed by atoms with Crippen LogP contribution in [0, 0.1) is 11.7 Å². The molecule has 3 N–H and O–H groups in total. The van der Waals surface area contributed by atoms with Crippen molar-refractivity contribution in [1.29, 1.82) is 0 Å². The number of pyridine rings is 3. The minimum Gasteiger partial charge on any atom is -0.493 e. The summed E-state index contributed by atoms with van der Waals surface area (Å²) in [7, 11) is 6.98. The quantitative estimate of drug-likeness (QED) is 0.290. The number of carbonyl (C=O) groups is 1. The Morgan fingerprint density at radius 3 is 2.71 bits per heavy atom. The summed E-state index contributed by atoms with van der Waals surface area (Å²) in [6.45, 7) is 2.61. The number of fused-ring (bicyclic) bond motifs is 5. The van der Waals surface area contributed by atoms with Crippen LogP contribution in [0.5, 0.6) is 5.75 Å². The van der Waals surface area contributed by atoms with Crippen LogP contribution in [-0.4, -0.2) is 82.4 Å². The Morgan fingerprint density at radius 2 is 2.00 bits per heavy atom. The number of nitrogens with one attached hydrogen (secondary N) is 2. The number of carboxylic acids is 1. The predicted octanol–water partition coefficient (Wildman–Crippen LogP) is 3.66. The van der Waals surface area contributed by atoms with E-state index in [0.717, 1.165) is 31.7 Å². The first-order valence-corrected chi connectivity index (χ1v) is 13.8. The summed E-state index contributed by atoms with van der Waals surface area (Å²) in [4.78, 5) is 42.4. The number of halogens is 1. The highest BCUT2D eigenvalue weighted by molar-refractivity contribution is 6.20. The second-order valence-electron chi connectivity index (χ2n) is 11.2. The van der Waals surface area contributed by atoms with E-state index in [1.807, 2.05) is 0 Å². The maximum absolute atomic E-state index is 15.4. The van der Waals surface area contributed by atoms with E-state index >= 15 is 4.39 Å². The number of likely N-dealkylation sites (tertiary alicyclic amines) is 1. The van der Waals surface area contributed by atoms with Crippen molar-refractivity contribution in [3.8, 4) is 16.9 Å². The summed E-state index contributed by atoms with van der Waals surface area (Å²) < 4.78 is 22.5. The molecule has 2 saturated heterocycles. The van der Waals surface area contributed by atoms with Gasteiger partial charge in [-0.15, -0.1) is 0 Å². The van der Waals surface area contributed by atoms with Crippen molar-refractivity contribution in [3.63, 3.8) is 0 Å². The normalized spacial score (nSPS) is 18.8. The van der Waals surface area contributed by atoms with E-state index in [9.17, 15) is 14.7 Å². The molecular formula is C30H30FN7O4. The van der Waals surface area contributed by atoms with E-state index in [0.29, 0.717) is 56.4 Å². The van der Waals surface area contributed by atoms with Crippen molar-refractivity contribution in [2.45, 2.75) is 12.5 Å². The molecule has 216 valence electrons. The average Bonchev–Trinajstić information content (AvgIpc) is 3.68. The number of rotatable bonds is 5. The number of hydrogen-bond donors (Lipinski definition) is 3. The number of anilines is 2. The Bertz CT molecular complexity index is 2000. The van der Waals surface area contributed by atoms with Crippen molar-refractivity contribution in [2.24, 2.45) is 13.0 Å². The first-order valence-electron chi connectivity index (χ1n) is 13.8. The zero-order valence-electron chi connectivity index (χ0n) is 23.7. The summed E-state index contributed by atoms with van der Waals surface area (Å²) in [5.74, 6) is -1.21. The first-order chi connectivity index (χ1) is 20.2. The number of methoxy groups -OCH3 is 1. The number of carboxylic acid groups (broad SMARTS) is 1. The summed E-state index contributed by atoms with van der Waals surface area (Å²) >= 11 is 0. The van der Waals surface area contributed by atoms with Crippen LogP contribution in [0.4, 0.5) is 15.8 Å². The van der Waals surface area contributed by atoms with E-state index in [-0.39, 0.29) is 16.7 Å². The van der Waals surface area contributed by atoms with Gasteiger partial charge in [-0.1, -0.05) is 0 Å². The lowest BCUT2D eigenvalue weighted by Gasteiger charge is -2.26. The number of aromatic carboxylic acids is 1. The molecule has 4 aromatic heterocycles. The number of likely N-dealkylation sites (N-methyl/N-ethyl adjacent to an activating group) is 1. The predicted molar refractivity (Wildman–Crippen MR) is 159 cm³/mol. The van der Waals surface area contributed by atoms with Gasteiger partial charge in [0.1, 0.15) is 16.9 Å². The summed E-state index contributed by atoms with van der Waals surface area (Å²) in [5.41, 5.74) is 3.41. The second-order valence-corrected chi connectivity index (χ2v) is 11.2. The van der Waals surface area contributed by atoms with E-state index in [1.165, 1.54) is 23.9 Å². The van der Waals surface area contributed by atoms with Crippen LogP contribution in [0.25, 0.3) is 44.1 Å². The van der Waals surface area contributed by atoms with E-state index < -0.39 is 17.2 Å². The molecule has 1 aromatic carbocycles. The van der Waals surface area contributed by atoms with Gasteiger partial charge in [-0.3, -0.25) is 4.79 Å². The van der Waals surface area contributed by atoms with Gasteiger partial charge in [-0.25, -0.2) is 19.2 Å². The third kappa shape index (κ3) is 3.67. The van der Waals surface area contributed by atoms with Gasteiger partial charge in [0.05, 0.1) is 40.2 Å². The third-order valence-corrected chi connectivity index (χ3v) is 8.95. The van der Waals surface area contributed by atoms with Gasteiger partial charge in [0.25, 0.3) is 0 Å². The molecule has 5 aromatic rings. The van der Waals surface area contributed by atoms with Gasteiger partial charge >= 0.3 is 5.97 Å². The van der Waals surface area contributed by atoms with Gasteiger partial charge < -0.3 is 34.5 Å². The van der Waals surface area contributed by atoms with Crippen molar-refractivity contribution < 1.29 is 19.0 Å². The highest BCUT2D eigenvalue weighted by Crippen LogP contribution is 2.47. The van der Waals surface area contributed by atoms with E-state index in [2.05, 4.69) is 32.1 Å². The monoisotopic (exact) mass is 571 g/mol. The maximum Gasteiger partial charge on any atom is 0.341 e. The van der Waals surface area contributed by atoms with Gasteiger partial charge in [0.15, 0.2) is 11.6 Å². The van der Waals surface area contributed by atoms with Crippen molar-refractivity contribution >= 4 is 50.3 Å². The summed E-state index contributed by atoms with van der Waals surface area (Å²) in [6, 6.07) is 3.45. The fraction of sp³-hybridized carbons (Fsp3) is 0.333. The molecule has 2 aliphatic rings. The van der Waals surface area contributed by atoms with Crippen molar-refractivity contribution in [2.75, 3.05) is 51.1 Å². The van der Waals surface area contributed by atoms with Crippen molar-refractivity contribution in [3.05, 3.63) is 52.3 Å². The fourth-order valence-corrected chi connectivity index (χ4v) is 6.91. The molecule has 0 spiro atoms. The molecule has 7 rings (SSSR count). The number of nitrogens with zero attached hydrogens (tertiary/aromatic N) is 5. The standard InChI is InChI=1S/C30H30FN7O4/c1-32-20-8-19(31)27(42-4)22-23-25(38-11-14-5-6-36(2)21(14)13-38)17(10-33-28(23)35-24(20)22)15-7-16-26(39)18(30(40)41)12-37(3)29(16)34-9-15/h7-10,12,14,21,32H,5-6,11,13H2,1-4H3,(H,33,35)(H,40,41)/t14-,21?/m1/s1. The SMILES string of the molecule is CNc1cc(F)c(OC)c2c1[nH]c1ncc(-c3cnc4c(c3)c(=O)c(C(=O)O)cn4C)c(N3CC4[C@H](CCN4C)C3)c12. The van der Waals surface area contributed by atoms with Crippen LogP contribution in [0.3, 0.4) is 0 Å².